The molecule has 0 amide bonds. The molecular formula is C15H18BrClO2. The van der Waals surface area contributed by atoms with Crippen molar-refractivity contribution < 1.29 is 9.47 Å². The van der Waals surface area contributed by atoms with Crippen molar-refractivity contribution >= 4 is 27.5 Å². The van der Waals surface area contributed by atoms with Crippen LogP contribution < -0.4 is 9.47 Å². The van der Waals surface area contributed by atoms with Crippen molar-refractivity contribution in [3.05, 3.63) is 22.7 Å². The highest BCUT2D eigenvalue weighted by atomic mass is 79.9. The monoisotopic (exact) mass is 344 g/mol. The predicted molar refractivity (Wildman–Crippen MR) is 80.5 cm³/mol. The van der Waals surface area contributed by atoms with Crippen LogP contribution in [0.5, 0.6) is 11.5 Å². The van der Waals surface area contributed by atoms with Gasteiger partial charge in [0.2, 0.25) is 0 Å². The number of rotatable bonds is 4. The average Bonchev–Trinajstić information content (AvgIpc) is 2.90. The molecule has 0 aliphatic heterocycles. The van der Waals surface area contributed by atoms with E-state index < -0.39 is 0 Å². The van der Waals surface area contributed by atoms with Gasteiger partial charge in [-0.3, -0.25) is 0 Å². The molecular weight excluding hydrogens is 328 g/mol. The molecule has 0 aromatic heterocycles. The molecule has 3 unspecified atom stereocenters. The van der Waals surface area contributed by atoms with E-state index in [0.29, 0.717) is 10.6 Å². The van der Waals surface area contributed by atoms with Crippen LogP contribution in [0.15, 0.2) is 12.1 Å². The van der Waals surface area contributed by atoms with E-state index in [9.17, 15) is 0 Å². The summed E-state index contributed by atoms with van der Waals surface area (Å²) in [5.74, 6) is 3.97. The van der Waals surface area contributed by atoms with Gasteiger partial charge in [0.15, 0.2) is 11.5 Å². The molecule has 0 bridgehead atoms. The summed E-state index contributed by atoms with van der Waals surface area (Å²) in [5.41, 5.74) is 1.12. The average molecular weight is 346 g/mol. The summed E-state index contributed by atoms with van der Waals surface area (Å²) in [5, 5.41) is 0.754. The van der Waals surface area contributed by atoms with Gasteiger partial charge in [0.1, 0.15) is 0 Å². The van der Waals surface area contributed by atoms with Crippen LogP contribution in [0.4, 0.5) is 0 Å². The van der Waals surface area contributed by atoms with Gasteiger partial charge in [0.05, 0.1) is 14.2 Å². The van der Waals surface area contributed by atoms with Gasteiger partial charge < -0.3 is 9.47 Å². The standard InChI is InChI=1S/C15H18BrClO2/c1-18-12-6-10(11(17)7-13(12)19-2)15(16)14-8-4-3-5-9(8)14/h6-9,14-15H,3-5H2,1-2H3. The topological polar surface area (TPSA) is 18.5 Å². The van der Waals surface area contributed by atoms with Crippen molar-refractivity contribution in [1.82, 2.24) is 0 Å². The van der Waals surface area contributed by atoms with Gasteiger partial charge in [-0.1, -0.05) is 34.0 Å². The molecule has 1 aromatic rings. The predicted octanol–water partition coefficient (Wildman–Crippen LogP) is 4.84. The summed E-state index contributed by atoms with van der Waals surface area (Å²) in [7, 11) is 3.29. The van der Waals surface area contributed by atoms with Gasteiger partial charge in [-0.15, -0.1) is 0 Å². The van der Waals surface area contributed by atoms with E-state index in [1.54, 1.807) is 14.2 Å². The molecule has 0 heterocycles. The Balaban J connectivity index is 1.87. The van der Waals surface area contributed by atoms with Crippen LogP contribution in [0.1, 0.15) is 29.7 Å². The maximum Gasteiger partial charge on any atom is 0.162 e. The third-order valence-electron chi connectivity index (χ3n) is 4.61. The Hall–Kier alpha value is -0.410. The molecule has 2 saturated carbocycles. The molecule has 0 radical (unpaired) electrons. The molecule has 2 nitrogen and oxygen atoms in total. The molecule has 0 saturated heterocycles. The van der Waals surface area contributed by atoms with Crippen molar-refractivity contribution in [2.75, 3.05) is 14.2 Å². The maximum absolute atomic E-state index is 6.39. The molecule has 2 aliphatic rings. The molecule has 2 fully saturated rings. The Kier molecular flexibility index (Phi) is 3.69. The number of fused-ring (bicyclic) bond motifs is 1. The lowest BCUT2D eigenvalue weighted by Crippen LogP contribution is -2.01. The van der Waals surface area contributed by atoms with Crippen molar-refractivity contribution in [2.45, 2.75) is 24.1 Å². The molecule has 0 N–H and O–H groups in total. The number of benzene rings is 1. The van der Waals surface area contributed by atoms with Crippen LogP contribution in [-0.4, -0.2) is 14.2 Å². The van der Waals surface area contributed by atoms with E-state index in [4.69, 9.17) is 21.1 Å². The molecule has 19 heavy (non-hydrogen) atoms. The normalized spacial score (nSPS) is 29.8. The van der Waals surface area contributed by atoms with Crippen molar-refractivity contribution in [1.29, 1.82) is 0 Å². The number of hydrogen-bond donors (Lipinski definition) is 0. The zero-order valence-electron chi connectivity index (χ0n) is 11.2. The fourth-order valence-electron chi connectivity index (χ4n) is 3.60. The fourth-order valence-corrected chi connectivity index (χ4v) is 5.17. The lowest BCUT2D eigenvalue weighted by molar-refractivity contribution is 0.354. The lowest BCUT2D eigenvalue weighted by atomic mass is 10.0. The summed E-state index contributed by atoms with van der Waals surface area (Å²) in [6, 6.07) is 3.86. The second kappa shape index (κ2) is 5.17. The van der Waals surface area contributed by atoms with Crippen LogP contribution >= 0.6 is 27.5 Å². The van der Waals surface area contributed by atoms with Gasteiger partial charge in [-0.2, -0.15) is 0 Å². The van der Waals surface area contributed by atoms with Crippen LogP contribution in [0, 0.1) is 17.8 Å². The Morgan fingerprint density at radius 2 is 1.74 bits per heavy atom. The second-order valence-electron chi connectivity index (χ2n) is 5.47. The van der Waals surface area contributed by atoms with E-state index in [2.05, 4.69) is 15.9 Å². The third-order valence-corrected chi connectivity index (χ3v) is 6.04. The number of alkyl halides is 1. The first-order valence-corrected chi connectivity index (χ1v) is 8.02. The first-order chi connectivity index (χ1) is 9.17. The van der Waals surface area contributed by atoms with E-state index in [1.165, 1.54) is 19.3 Å². The Morgan fingerprint density at radius 1 is 1.16 bits per heavy atom. The molecule has 1 aromatic carbocycles. The Labute approximate surface area is 127 Å². The zero-order chi connectivity index (χ0) is 13.6. The zero-order valence-corrected chi connectivity index (χ0v) is 13.5. The first-order valence-electron chi connectivity index (χ1n) is 6.73. The van der Waals surface area contributed by atoms with Crippen LogP contribution in [-0.2, 0) is 0 Å². The van der Waals surface area contributed by atoms with Gasteiger partial charge in [-0.05, 0) is 42.2 Å². The Bertz CT molecular complexity index is 481. The maximum atomic E-state index is 6.39. The first kappa shape index (κ1) is 13.6. The van der Waals surface area contributed by atoms with Crippen molar-refractivity contribution in [2.24, 2.45) is 17.8 Å². The summed E-state index contributed by atoms with van der Waals surface area (Å²) in [6.07, 6.45) is 4.15. The minimum absolute atomic E-state index is 0.329. The van der Waals surface area contributed by atoms with Gasteiger partial charge >= 0.3 is 0 Å². The van der Waals surface area contributed by atoms with E-state index in [1.807, 2.05) is 12.1 Å². The number of hydrogen-bond acceptors (Lipinski definition) is 2. The van der Waals surface area contributed by atoms with Gasteiger partial charge in [0.25, 0.3) is 0 Å². The fraction of sp³-hybridized carbons (Fsp3) is 0.600. The quantitative estimate of drug-likeness (QED) is 0.727. The van der Waals surface area contributed by atoms with Crippen LogP contribution in [0.2, 0.25) is 5.02 Å². The van der Waals surface area contributed by atoms with E-state index in [-0.39, 0.29) is 0 Å². The molecule has 3 rings (SSSR count). The molecule has 2 aliphatic carbocycles. The smallest absolute Gasteiger partial charge is 0.162 e. The van der Waals surface area contributed by atoms with Crippen molar-refractivity contribution in [3.63, 3.8) is 0 Å². The second-order valence-corrected chi connectivity index (χ2v) is 6.86. The number of ether oxygens (including phenoxy) is 2. The minimum atomic E-state index is 0.329. The summed E-state index contributed by atoms with van der Waals surface area (Å²) in [4.78, 5) is 0.329. The summed E-state index contributed by atoms with van der Waals surface area (Å²) in [6.45, 7) is 0. The Morgan fingerprint density at radius 3 is 2.32 bits per heavy atom. The summed E-state index contributed by atoms with van der Waals surface area (Å²) >= 11 is 10.2. The van der Waals surface area contributed by atoms with Crippen LogP contribution in [0.25, 0.3) is 0 Å². The lowest BCUT2D eigenvalue weighted by Gasteiger charge is -2.17. The highest BCUT2D eigenvalue weighted by Crippen LogP contribution is 2.65. The summed E-state index contributed by atoms with van der Waals surface area (Å²) < 4.78 is 10.6. The van der Waals surface area contributed by atoms with Crippen molar-refractivity contribution in [3.8, 4) is 11.5 Å². The van der Waals surface area contributed by atoms with E-state index in [0.717, 1.165) is 34.1 Å². The van der Waals surface area contributed by atoms with Gasteiger partial charge in [0, 0.05) is 15.9 Å². The highest BCUT2D eigenvalue weighted by molar-refractivity contribution is 9.09. The number of methoxy groups -OCH3 is 2. The van der Waals surface area contributed by atoms with Gasteiger partial charge in [-0.25, -0.2) is 0 Å². The molecule has 3 atom stereocenters. The molecule has 0 spiro atoms. The van der Waals surface area contributed by atoms with E-state index >= 15 is 0 Å². The highest BCUT2D eigenvalue weighted by Gasteiger charge is 2.55. The molecule has 104 valence electrons. The molecule has 4 heteroatoms. The largest absolute Gasteiger partial charge is 0.493 e. The van der Waals surface area contributed by atoms with Crippen LogP contribution in [0.3, 0.4) is 0 Å². The minimum Gasteiger partial charge on any atom is -0.493 e. The number of halogens is 2. The third kappa shape index (κ3) is 2.25. The SMILES string of the molecule is COc1cc(Cl)c(C(Br)C2C3CCCC32)cc1OC.